The number of rotatable bonds is 8. The van der Waals surface area contributed by atoms with E-state index in [-0.39, 0.29) is 12.0 Å². The van der Waals surface area contributed by atoms with Gasteiger partial charge in [-0.25, -0.2) is 0 Å². The molecule has 0 bridgehead atoms. The standard InChI is InChI=1S/C25H32BrN3O4/c1-2-17-7-8-19(13-20(17)26)28-25(31)15-29-11-9-18(10-12-29)27-14-21(30)24-16-32-22-5-3-4-6-23(22)33-24/h3-8,13,18,21,24,27,30H,2,9-12,14-16H2,1H3,(H,28,31). The molecular weight excluding hydrogens is 486 g/mol. The molecule has 1 fully saturated rings. The molecule has 0 aromatic heterocycles. The van der Waals surface area contributed by atoms with E-state index >= 15 is 0 Å². The number of benzene rings is 2. The van der Waals surface area contributed by atoms with E-state index in [1.165, 1.54) is 5.56 Å². The molecule has 2 heterocycles. The number of nitrogens with zero attached hydrogens (tertiary/aromatic N) is 1. The summed E-state index contributed by atoms with van der Waals surface area (Å²) >= 11 is 3.56. The van der Waals surface area contributed by atoms with Gasteiger partial charge in [-0.3, -0.25) is 9.69 Å². The number of hydrogen-bond donors (Lipinski definition) is 3. The number of nitrogens with one attached hydrogen (secondary N) is 2. The normalized spacial score (nSPS) is 19.8. The lowest BCUT2D eigenvalue weighted by Gasteiger charge is -2.34. The number of fused-ring (bicyclic) bond motifs is 1. The zero-order valence-corrected chi connectivity index (χ0v) is 20.5. The van der Waals surface area contributed by atoms with Gasteiger partial charge in [0.2, 0.25) is 5.91 Å². The van der Waals surface area contributed by atoms with Gasteiger partial charge in [0, 0.05) is 35.8 Å². The Morgan fingerprint density at radius 3 is 2.70 bits per heavy atom. The molecule has 2 aromatic rings. The van der Waals surface area contributed by atoms with Gasteiger partial charge in [-0.15, -0.1) is 0 Å². The fraction of sp³-hybridized carbons (Fsp3) is 0.480. The van der Waals surface area contributed by atoms with Gasteiger partial charge in [0.15, 0.2) is 17.6 Å². The van der Waals surface area contributed by atoms with E-state index in [9.17, 15) is 9.90 Å². The number of para-hydroxylation sites is 2. The fourth-order valence-electron chi connectivity index (χ4n) is 4.25. The summed E-state index contributed by atoms with van der Waals surface area (Å²) in [6.45, 7) is 4.96. The molecule has 8 heteroatoms. The van der Waals surface area contributed by atoms with Crippen molar-refractivity contribution in [2.45, 2.75) is 44.4 Å². The molecule has 4 rings (SSSR count). The Hall–Kier alpha value is -2.13. The van der Waals surface area contributed by atoms with Crippen LogP contribution in [0, 0.1) is 0 Å². The van der Waals surface area contributed by atoms with Crippen LogP contribution in [0.1, 0.15) is 25.3 Å². The van der Waals surface area contributed by atoms with E-state index in [1.807, 2.05) is 42.5 Å². The molecule has 178 valence electrons. The van der Waals surface area contributed by atoms with Gasteiger partial charge in [-0.05, 0) is 49.1 Å². The predicted octanol–water partition coefficient (Wildman–Crippen LogP) is 3.20. The Bertz CT molecular complexity index is 949. The number of hydrogen-bond acceptors (Lipinski definition) is 6. The highest BCUT2D eigenvalue weighted by atomic mass is 79.9. The van der Waals surface area contributed by atoms with Gasteiger partial charge in [0.05, 0.1) is 6.54 Å². The van der Waals surface area contributed by atoms with Crippen molar-refractivity contribution in [3.63, 3.8) is 0 Å². The summed E-state index contributed by atoms with van der Waals surface area (Å²) in [6, 6.07) is 13.8. The molecular formula is C25H32BrN3O4. The third kappa shape index (κ3) is 6.47. The first kappa shape index (κ1) is 24.0. The number of carbonyl (C=O) groups excluding carboxylic acids is 1. The summed E-state index contributed by atoms with van der Waals surface area (Å²) in [5, 5.41) is 17.0. The van der Waals surface area contributed by atoms with E-state index in [1.54, 1.807) is 0 Å². The summed E-state index contributed by atoms with van der Waals surface area (Å²) < 4.78 is 12.6. The number of anilines is 1. The Labute approximate surface area is 203 Å². The number of piperidine rings is 1. The second kappa shape index (κ2) is 11.3. The van der Waals surface area contributed by atoms with E-state index in [4.69, 9.17) is 9.47 Å². The Morgan fingerprint density at radius 1 is 1.21 bits per heavy atom. The molecule has 0 spiro atoms. The van der Waals surface area contributed by atoms with Gasteiger partial charge in [-0.2, -0.15) is 0 Å². The highest BCUT2D eigenvalue weighted by Crippen LogP contribution is 2.31. The van der Waals surface area contributed by atoms with Gasteiger partial charge < -0.3 is 25.2 Å². The van der Waals surface area contributed by atoms with Crippen LogP contribution >= 0.6 is 15.9 Å². The van der Waals surface area contributed by atoms with E-state index in [2.05, 4.69) is 38.4 Å². The minimum Gasteiger partial charge on any atom is -0.486 e. The topological polar surface area (TPSA) is 83.1 Å². The minimum absolute atomic E-state index is 0.00251. The monoisotopic (exact) mass is 517 g/mol. The molecule has 0 saturated carbocycles. The number of ether oxygens (including phenoxy) is 2. The summed E-state index contributed by atoms with van der Waals surface area (Å²) in [5.74, 6) is 1.40. The maximum atomic E-state index is 12.5. The zero-order valence-electron chi connectivity index (χ0n) is 18.9. The first-order chi connectivity index (χ1) is 16.0. The van der Waals surface area contributed by atoms with Crippen LogP contribution in [0.25, 0.3) is 0 Å². The average molecular weight is 518 g/mol. The number of aliphatic hydroxyl groups excluding tert-OH is 1. The van der Waals surface area contributed by atoms with Gasteiger partial charge >= 0.3 is 0 Å². The highest BCUT2D eigenvalue weighted by Gasteiger charge is 2.28. The maximum Gasteiger partial charge on any atom is 0.238 e. The molecule has 0 radical (unpaired) electrons. The molecule has 2 aromatic carbocycles. The first-order valence-corrected chi connectivity index (χ1v) is 12.4. The Balaban J connectivity index is 1.16. The largest absolute Gasteiger partial charge is 0.486 e. The average Bonchev–Trinajstić information content (AvgIpc) is 2.83. The van der Waals surface area contributed by atoms with Crippen LogP contribution in [0.3, 0.4) is 0 Å². The summed E-state index contributed by atoms with van der Waals surface area (Å²) in [5.41, 5.74) is 2.03. The summed E-state index contributed by atoms with van der Waals surface area (Å²) in [4.78, 5) is 14.6. The number of halogens is 1. The van der Waals surface area contributed by atoms with Crippen LogP contribution in [0.2, 0.25) is 0 Å². The number of aliphatic hydroxyl groups is 1. The minimum atomic E-state index is -0.652. The molecule has 0 aliphatic carbocycles. The van der Waals surface area contributed by atoms with Crippen molar-refractivity contribution < 1.29 is 19.4 Å². The number of carbonyl (C=O) groups is 1. The smallest absolute Gasteiger partial charge is 0.238 e. The molecule has 33 heavy (non-hydrogen) atoms. The predicted molar refractivity (Wildman–Crippen MR) is 132 cm³/mol. The molecule has 2 unspecified atom stereocenters. The zero-order chi connectivity index (χ0) is 23.2. The van der Waals surface area contributed by atoms with Crippen molar-refractivity contribution in [3.05, 3.63) is 52.5 Å². The molecule has 7 nitrogen and oxygen atoms in total. The lowest BCUT2D eigenvalue weighted by Crippen LogP contribution is -2.50. The SMILES string of the molecule is CCc1ccc(NC(=O)CN2CCC(NCC(O)C3COc4ccccc4O3)CC2)cc1Br. The second-order valence-corrected chi connectivity index (χ2v) is 9.50. The van der Waals surface area contributed by atoms with Crippen molar-refractivity contribution >= 4 is 27.5 Å². The first-order valence-electron chi connectivity index (χ1n) is 11.6. The number of likely N-dealkylation sites (tertiary alicyclic amines) is 1. The number of aryl methyl sites for hydroxylation is 1. The van der Waals surface area contributed by atoms with E-state index in [0.717, 1.165) is 48.3 Å². The van der Waals surface area contributed by atoms with Crippen molar-refractivity contribution in [1.82, 2.24) is 10.2 Å². The van der Waals surface area contributed by atoms with Gasteiger partial charge in [-0.1, -0.05) is 41.1 Å². The number of amides is 1. The van der Waals surface area contributed by atoms with Gasteiger partial charge in [0.25, 0.3) is 0 Å². The molecule has 1 saturated heterocycles. The van der Waals surface area contributed by atoms with Crippen molar-refractivity contribution in [3.8, 4) is 11.5 Å². The molecule has 3 N–H and O–H groups in total. The maximum absolute atomic E-state index is 12.5. The molecule has 2 aliphatic heterocycles. The highest BCUT2D eigenvalue weighted by molar-refractivity contribution is 9.10. The van der Waals surface area contributed by atoms with Crippen LogP contribution in [0.15, 0.2) is 46.9 Å². The fourth-order valence-corrected chi connectivity index (χ4v) is 4.91. The second-order valence-electron chi connectivity index (χ2n) is 8.65. The molecule has 2 aliphatic rings. The van der Waals surface area contributed by atoms with Crippen LogP contribution in [-0.4, -0.2) is 66.9 Å². The lowest BCUT2D eigenvalue weighted by molar-refractivity contribution is -0.117. The van der Waals surface area contributed by atoms with Crippen molar-refractivity contribution in [2.24, 2.45) is 0 Å². The van der Waals surface area contributed by atoms with Gasteiger partial charge in [0.1, 0.15) is 12.7 Å². The van der Waals surface area contributed by atoms with Crippen LogP contribution < -0.4 is 20.1 Å². The van der Waals surface area contributed by atoms with Crippen LogP contribution in [0.5, 0.6) is 11.5 Å². The van der Waals surface area contributed by atoms with E-state index in [0.29, 0.717) is 31.5 Å². The molecule has 1 amide bonds. The van der Waals surface area contributed by atoms with E-state index < -0.39 is 6.10 Å². The Kier molecular flexibility index (Phi) is 8.25. The van der Waals surface area contributed by atoms with Crippen molar-refractivity contribution in [1.29, 1.82) is 0 Å². The summed E-state index contributed by atoms with van der Waals surface area (Å²) in [6.07, 6.45) is 1.77. The lowest BCUT2D eigenvalue weighted by atomic mass is 10.0. The Morgan fingerprint density at radius 2 is 1.97 bits per heavy atom. The molecule has 2 atom stereocenters. The summed E-state index contributed by atoms with van der Waals surface area (Å²) in [7, 11) is 0. The third-order valence-electron chi connectivity index (χ3n) is 6.25. The van der Waals surface area contributed by atoms with Crippen LogP contribution in [0.4, 0.5) is 5.69 Å². The van der Waals surface area contributed by atoms with Crippen molar-refractivity contribution in [2.75, 3.05) is 38.1 Å². The third-order valence-corrected chi connectivity index (χ3v) is 6.99. The quantitative estimate of drug-likeness (QED) is 0.498. The van der Waals surface area contributed by atoms with Crippen LogP contribution in [-0.2, 0) is 11.2 Å².